The van der Waals surface area contributed by atoms with Crippen molar-refractivity contribution in [3.05, 3.63) is 33.7 Å². The van der Waals surface area contributed by atoms with Gasteiger partial charge < -0.3 is 9.88 Å². The van der Waals surface area contributed by atoms with Gasteiger partial charge in [-0.05, 0) is 37.8 Å². The van der Waals surface area contributed by atoms with E-state index in [0.717, 1.165) is 25.9 Å². The summed E-state index contributed by atoms with van der Waals surface area (Å²) in [5.41, 5.74) is 2.83. The summed E-state index contributed by atoms with van der Waals surface area (Å²) in [5, 5.41) is 3.56. The van der Waals surface area contributed by atoms with Crippen LogP contribution in [0.4, 0.5) is 0 Å². The van der Waals surface area contributed by atoms with Crippen molar-refractivity contribution >= 4 is 0 Å². The third-order valence-electron chi connectivity index (χ3n) is 4.55. The maximum absolute atomic E-state index is 12.2. The van der Waals surface area contributed by atoms with E-state index in [4.69, 9.17) is 0 Å². The molecule has 0 spiro atoms. The molecule has 1 aromatic rings. The molecule has 3 nitrogen and oxygen atoms in total. The Morgan fingerprint density at radius 2 is 2.00 bits per heavy atom. The van der Waals surface area contributed by atoms with Gasteiger partial charge in [-0.15, -0.1) is 0 Å². The Balaban J connectivity index is 2.10. The summed E-state index contributed by atoms with van der Waals surface area (Å²) in [6.45, 7) is 6.27. The second kappa shape index (κ2) is 8.38. The third kappa shape index (κ3) is 4.19. The van der Waals surface area contributed by atoms with Crippen molar-refractivity contribution in [3.63, 3.8) is 0 Å². The largest absolute Gasteiger partial charge is 0.312 e. The van der Waals surface area contributed by atoms with E-state index in [1.54, 1.807) is 6.07 Å². The molecule has 21 heavy (non-hydrogen) atoms. The van der Waals surface area contributed by atoms with Crippen LogP contribution in [-0.2, 0) is 13.0 Å². The van der Waals surface area contributed by atoms with Gasteiger partial charge in [0.2, 0.25) is 0 Å². The number of pyridine rings is 1. The average molecular weight is 290 g/mol. The number of aromatic nitrogens is 1. The Hall–Kier alpha value is -1.09. The highest BCUT2D eigenvalue weighted by molar-refractivity contribution is 5.27. The van der Waals surface area contributed by atoms with Crippen LogP contribution in [-0.4, -0.2) is 11.1 Å². The molecular weight excluding hydrogens is 260 g/mol. The average Bonchev–Trinajstić information content (AvgIpc) is 2.49. The predicted molar refractivity (Wildman–Crippen MR) is 88.8 cm³/mol. The molecule has 1 N–H and O–H groups in total. The van der Waals surface area contributed by atoms with Crippen LogP contribution in [0.2, 0.25) is 0 Å². The van der Waals surface area contributed by atoms with Crippen molar-refractivity contribution in [1.82, 2.24) is 9.88 Å². The molecule has 0 saturated carbocycles. The zero-order valence-electron chi connectivity index (χ0n) is 13.7. The summed E-state index contributed by atoms with van der Waals surface area (Å²) in [4.78, 5) is 12.2. The molecule has 0 aromatic carbocycles. The topological polar surface area (TPSA) is 34.0 Å². The monoisotopic (exact) mass is 290 g/mol. The quantitative estimate of drug-likeness (QED) is 0.739. The van der Waals surface area contributed by atoms with Gasteiger partial charge in [-0.2, -0.15) is 0 Å². The highest BCUT2D eigenvalue weighted by atomic mass is 16.1. The highest BCUT2D eigenvalue weighted by Crippen LogP contribution is 2.28. The van der Waals surface area contributed by atoms with Crippen molar-refractivity contribution in [1.29, 1.82) is 0 Å². The van der Waals surface area contributed by atoms with Gasteiger partial charge in [0.05, 0.1) is 0 Å². The molecule has 0 fully saturated rings. The molecule has 118 valence electrons. The number of hydrogen-bond acceptors (Lipinski definition) is 2. The SMILES string of the molecule is CCCCCCCn1c2c(ccc1=O)C(NCC)CCC2. The number of fused-ring (bicyclic) bond motifs is 1. The number of nitrogens with one attached hydrogen (secondary N) is 1. The molecule has 0 bridgehead atoms. The first-order valence-corrected chi connectivity index (χ1v) is 8.74. The Labute approximate surface area is 128 Å². The van der Waals surface area contributed by atoms with E-state index in [9.17, 15) is 4.79 Å². The molecule has 1 unspecified atom stereocenters. The number of rotatable bonds is 8. The lowest BCUT2D eigenvalue weighted by Crippen LogP contribution is -2.31. The fourth-order valence-electron chi connectivity index (χ4n) is 3.44. The predicted octanol–water partition coefficient (Wildman–Crippen LogP) is 3.81. The molecule has 1 atom stereocenters. The highest BCUT2D eigenvalue weighted by Gasteiger charge is 2.22. The fraction of sp³-hybridized carbons (Fsp3) is 0.722. The van der Waals surface area contributed by atoms with E-state index >= 15 is 0 Å². The molecule has 1 aliphatic rings. The van der Waals surface area contributed by atoms with Crippen LogP contribution in [0.5, 0.6) is 0 Å². The molecular formula is C18H30N2O. The minimum atomic E-state index is 0.182. The van der Waals surface area contributed by atoms with E-state index in [-0.39, 0.29) is 5.56 Å². The molecule has 0 radical (unpaired) electrons. The lowest BCUT2D eigenvalue weighted by molar-refractivity contribution is 0.443. The lowest BCUT2D eigenvalue weighted by Gasteiger charge is -2.28. The van der Waals surface area contributed by atoms with Crippen LogP contribution in [0.1, 0.15) is 76.1 Å². The normalized spacial score (nSPS) is 17.7. The van der Waals surface area contributed by atoms with E-state index in [2.05, 4.69) is 25.2 Å². The zero-order chi connectivity index (χ0) is 15.1. The molecule has 1 aliphatic carbocycles. The van der Waals surface area contributed by atoms with Gasteiger partial charge in [0.25, 0.3) is 5.56 Å². The first kappa shape index (κ1) is 16.3. The van der Waals surface area contributed by atoms with E-state index in [1.807, 2.05) is 4.57 Å². The van der Waals surface area contributed by atoms with Crippen LogP contribution in [0, 0.1) is 0 Å². The number of hydrogen-bond donors (Lipinski definition) is 1. The van der Waals surface area contributed by atoms with E-state index < -0.39 is 0 Å². The number of nitrogens with zero attached hydrogens (tertiary/aromatic N) is 1. The second-order valence-corrected chi connectivity index (χ2v) is 6.14. The Morgan fingerprint density at radius 1 is 1.19 bits per heavy atom. The first-order chi connectivity index (χ1) is 10.3. The van der Waals surface area contributed by atoms with Crippen LogP contribution in [0.25, 0.3) is 0 Å². The standard InChI is InChI=1S/C18H30N2O/c1-3-5-6-7-8-14-20-17-11-9-10-16(19-4-2)15(17)12-13-18(20)21/h12-13,16,19H,3-11,14H2,1-2H3. The van der Waals surface area contributed by atoms with Gasteiger partial charge in [-0.3, -0.25) is 4.79 Å². The van der Waals surface area contributed by atoms with Gasteiger partial charge in [-0.1, -0.05) is 45.6 Å². The van der Waals surface area contributed by atoms with E-state index in [1.165, 1.54) is 49.8 Å². The summed E-state index contributed by atoms with van der Waals surface area (Å²) >= 11 is 0. The smallest absolute Gasteiger partial charge is 0.250 e. The van der Waals surface area contributed by atoms with Crippen LogP contribution in [0.3, 0.4) is 0 Å². The maximum Gasteiger partial charge on any atom is 0.250 e. The Morgan fingerprint density at radius 3 is 2.76 bits per heavy atom. The van der Waals surface area contributed by atoms with Crippen molar-refractivity contribution < 1.29 is 0 Å². The molecule has 0 amide bonds. The first-order valence-electron chi connectivity index (χ1n) is 8.74. The van der Waals surface area contributed by atoms with Crippen molar-refractivity contribution in [2.45, 2.75) is 77.8 Å². The van der Waals surface area contributed by atoms with Gasteiger partial charge >= 0.3 is 0 Å². The van der Waals surface area contributed by atoms with Gasteiger partial charge in [-0.25, -0.2) is 0 Å². The summed E-state index contributed by atoms with van der Waals surface area (Å²) in [6.07, 6.45) is 9.67. The van der Waals surface area contributed by atoms with Crippen LogP contribution in [0.15, 0.2) is 16.9 Å². The summed E-state index contributed by atoms with van der Waals surface area (Å²) in [6, 6.07) is 4.25. The third-order valence-corrected chi connectivity index (χ3v) is 4.55. The number of unbranched alkanes of at least 4 members (excludes halogenated alkanes) is 4. The minimum Gasteiger partial charge on any atom is -0.312 e. The van der Waals surface area contributed by atoms with Gasteiger partial charge in [0.1, 0.15) is 0 Å². The Kier molecular flexibility index (Phi) is 6.50. The van der Waals surface area contributed by atoms with Crippen molar-refractivity contribution in [2.24, 2.45) is 0 Å². The molecule has 1 heterocycles. The summed E-state index contributed by atoms with van der Waals surface area (Å²) in [5.74, 6) is 0. The summed E-state index contributed by atoms with van der Waals surface area (Å²) < 4.78 is 2.05. The van der Waals surface area contributed by atoms with Gasteiger partial charge in [0.15, 0.2) is 0 Å². The minimum absolute atomic E-state index is 0.182. The molecule has 2 rings (SSSR count). The van der Waals surface area contributed by atoms with Gasteiger partial charge in [0, 0.05) is 24.3 Å². The molecule has 1 aromatic heterocycles. The molecule has 0 saturated heterocycles. The molecule has 3 heteroatoms. The van der Waals surface area contributed by atoms with Crippen molar-refractivity contribution in [2.75, 3.05) is 6.54 Å². The van der Waals surface area contributed by atoms with E-state index in [0.29, 0.717) is 6.04 Å². The zero-order valence-corrected chi connectivity index (χ0v) is 13.7. The second-order valence-electron chi connectivity index (χ2n) is 6.14. The summed E-state index contributed by atoms with van der Waals surface area (Å²) in [7, 11) is 0. The maximum atomic E-state index is 12.2. The molecule has 0 aliphatic heterocycles. The fourth-order valence-corrected chi connectivity index (χ4v) is 3.44. The van der Waals surface area contributed by atoms with Crippen molar-refractivity contribution in [3.8, 4) is 0 Å². The lowest BCUT2D eigenvalue weighted by atomic mass is 9.90. The Bertz CT molecular complexity index is 492. The van der Waals surface area contributed by atoms with Crippen LogP contribution < -0.4 is 10.9 Å². The van der Waals surface area contributed by atoms with Crippen LogP contribution >= 0.6 is 0 Å².